The molecule has 0 saturated heterocycles. The lowest BCUT2D eigenvalue weighted by molar-refractivity contribution is -0.138. The number of halogens is 1. The van der Waals surface area contributed by atoms with Crippen LogP contribution in [0.5, 0.6) is 0 Å². The van der Waals surface area contributed by atoms with Gasteiger partial charge >= 0.3 is 0 Å². The van der Waals surface area contributed by atoms with Crippen LogP contribution in [-0.4, -0.2) is 21.8 Å². The van der Waals surface area contributed by atoms with Crippen molar-refractivity contribution in [2.75, 3.05) is 0 Å². The third-order valence-corrected chi connectivity index (χ3v) is 3.71. The SMILES string of the molecule is O=C1C(O)=C(c2ccc(Cl)cc2)C(=O)N1Cc1ccccc1. The van der Waals surface area contributed by atoms with E-state index in [1.165, 1.54) is 0 Å². The average Bonchev–Trinajstić information content (AvgIpc) is 2.73. The molecule has 2 amide bonds. The standard InChI is InChI=1S/C17H12ClNO3/c18-13-8-6-12(7-9-13)14-15(20)17(22)19(16(14)21)10-11-4-2-1-3-5-11/h1-9,20H,10H2. The summed E-state index contributed by atoms with van der Waals surface area (Å²) in [5, 5.41) is 10.5. The maximum Gasteiger partial charge on any atom is 0.296 e. The molecule has 0 fully saturated rings. The first-order valence-electron chi connectivity index (χ1n) is 6.67. The second kappa shape index (κ2) is 5.66. The Hall–Kier alpha value is -2.59. The van der Waals surface area contributed by atoms with Crippen molar-refractivity contribution in [3.8, 4) is 0 Å². The van der Waals surface area contributed by atoms with Gasteiger partial charge in [-0.05, 0) is 23.3 Å². The first-order valence-corrected chi connectivity index (χ1v) is 7.05. The van der Waals surface area contributed by atoms with Gasteiger partial charge in [-0.1, -0.05) is 54.1 Å². The second-order valence-electron chi connectivity index (χ2n) is 4.91. The maximum atomic E-state index is 12.5. The van der Waals surface area contributed by atoms with Crippen molar-refractivity contribution in [2.24, 2.45) is 0 Å². The topological polar surface area (TPSA) is 57.6 Å². The zero-order valence-corrected chi connectivity index (χ0v) is 12.2. The largest absolute Gasteiger partial charge is 0.502 e. The van der Waals surface area contributed by atoms with Crippen molar-refractivity contribution < 1.29 is 14.7 Å². The number of amides is 2. The van der Waals surface area contributed by atoms with Gasteiger partial charge in [-0.3, -0.25) is 14.5 Å². The van der Waals surface area contributed by atoms with Crippen molar-refractivity contribution in [1.29, 1.82) is 0 Å². The molecule has 1 aliphatic rings. The van der Waals surface area contributed by atoms with Crippen LogP contribution >= 0.6 is 11.6 Å². The van der Waals surface area contributed by atoms with Gasteiger partial charge in [-0.25, -0.2) is 0 Å². The molecule has 0 spiro atoms. The number of hydrogen-bond donors (Lipinski definition) is 1. The number of carbonyl (C=O) groups is 2. The van der Waals surface area contributed by atoms with Gasteiger partial charge in [0.1, 0.15) is 0 Å². The van der Waals surface area contributed by atoms with Crippen LogP contribution in [0.2, 0.25) is 5.02 Å². The molecule has 3 rings (SSSR count). The van der Waals surface area contributed by atoms with Crippen LogP contribution in [-0.2, 0) is 16.1 Å². The van der Waals surface area contributed by atoms with E-state index in [1.807, 2.05) is 30.3 Å². The number of benzene rings is 2. The predicted octanol–water partition coefficient (Wildman–Crippen LogP) is 3.18. The van der Waals surface area contributed by atoms with Crippen molar-refractivity contribution >= 4 is 29.0 Å². The quantitative estimate of drug-likeness (QED) is 0.885. The molecular formula is C17H12ClNO3. The average molecular weight is 314 g/mol. The molecule has 0 saturated carbocycles. The summed E-state index contributed by atoms with van der Waals surface area (Å²) in [4.78, 5) is 25.6. The number of aliphatic hydroxyl groups excluding tert-OH is 1. The van der Waals surface area contributed by atoms with E-state index < -0.39 is 17.6 Å². The third-order valence-electron chi connectivity index (χ3n) is 3.46. The first kappa shape index (κ1) is 14.4. The highest BCUT2D eigenvalue weighted by Gasteiger charge is 2.39. The Morgan fingerprint density at radius 1 is 0.909 bits per heavy atom. The summed E-state index contributed by atoms with van der Waals surface area (Å²) >= 11 is 5.81. The van der Waals surface area contributed by atoms with E-state index in [1.54, 1.807) is 24.3 Å². The van der Waals surface area contributed by atoms with Gasteiger partial charge in [-0.2, -0.15) is 0 Å². The van der Waals surface area contributed by atoms with Crippen molar-refractivity contribution in [1.82, 2.24) is 4.90 Å². The Bertz CT molecular complexity index is 766. The van der Waals surface area contributed by atoms with Gasteiger partial charge in [0.15, 0.2) is 5.76 Å². The Kier molecular flexibility index (Phi) is 3.69. The molecule has 0 radical (unpaired) electrons. The third kappa shape index (κ3) is 2.49. The van der Waals surface area contributed by atoms with Crippen LogP contribution in [0.15, 0.2) is 60.4 Å². The van der Waals surface area contributed by atoms with Crippen LogP contribution in [0.3, 0.4) is 0 Å². The van der Waals surface area contributed by atoms with Crippen LogP contribution in [0.25, 0.3) is 5.57 Å². The van der Waals surface area contributed by atoms with Gasteiger partial charge in [0.2, 0.25) is 0 Å². The molecule has 2 aromatic rings. The van der Waals surface area contributed by atoms with Crippen LogP contribution in [0.1, 0.15) is 11.1 Å². The lowest BCUT2D eigenvalue weighted by atomic mass is 10.1. The molecule has 1 heterocycles. The zero-order valence-electron chi connectivity index (χ0n) is 11.5. The normalized spacial score (nSPS) is 14.9. The number of nitrogens with zero attached hydrogens (tertiary/aromatic N) is 1. The minimum Gasteiger partial charge on any atom is -0.502 e. The molecule has 110 valence electrons. The lowest BCUT2D eigenvalue weighted by Crippen LogP contribution is -2.31. The van der Waals surface area contributed by atoms with Gasteiger partial charge in [0, 0.05) is 5.02 Å². The van der Waals surface area contributed by atoms with Gasteiger partial charge in [0.25, 0.3) is 11.8 Å². The van der Waals surface area contributed by atoms with E-state index in [-0.39, 0.29) is 12.1 Å². The molecule has 4 nitrogen and oxygen atoms in total. The van der Waals surface area contributed by atoms with Crippen LogP contribution in [0.4, 0.5) is 0 Å². The maximum absolute atomic E-state index is 12.5. The van der Waals surface area contributed by atoms with E-state index in [0.717, 1.165) is 10.5 Å². The van der Waals surface area contributed by atoms with Crippen molar-refractivity contribution in [3.05, 3.63) is 76.5 Å². The summed E-state index contributed by atoms with van der Waals surface area (Å²) in [6, 6.07) is 15.6. The Morgan fingerprint density at radius 3 is 2.18 bits per heavy atom. The predicted molar refractivity (Wildman–Crippen MR) is 83.0 cm³/mol. The van der Waals surface area contributed by atoms with Crippen molar-refractivity contribution in [3.63, 3.8) is 0 Å². The van der Waals surface area contributed by atoms with E-state index >= 15 is 0 Å². The summed E-state index contributed by atoms with van der Waals surface area (Å²) in [5.74, 6) is -1.71. The fourth-order valence-electron chi connectivity index (χ4n) is 2.35. The molecule has 0 atom stereocenters. The number of imide groups is 1. The van der Waals surface area contributed by atoms with E-state index in [2.05, 4.69) is 0 Å². The van der Waals surface area contributed by atoms with E-state index in [0.29, 0.717) is 10.6 Å². The smallest absolute Gasteiger partial charge is 0.296 e. The van der Waals surface area contributed by atoms with Gasteiger partial charge in [0.05, 0.1) is 12.1 Å². The van der Waals surface area contributed by atoms with E-state index in [4.69, 9.17) is 11.6 Å². The minimum absolute atomic E-state index is 0.0117. The summed E-state index contributed by atoms with van der Waals surface area (Å²) < 4.78 is 0. The highest BCUT2D eigenvalue weighted by molar-refractivity contribution is 6.35. The summed E-state index contributed by atoms with van der Waals surface area (Å²) in [7, 11) is 0. The number of rotatable bonds is 3. The second-order valence-corrected chi connectivity index (χ2v) is 5.35. The molecular weight excluding hydrogens is 302 g/mol. The number of hydrogen-bond acceptors (Lipinski definition) is 3. The lowest BCUT2D eigenvalue weighted by Gasteiger charge is -2.14. The minimum atomic E-state index is -0.682. The molecule has 1 aliphatic heterocycles. The van der Waals surface area contributed by atoms with Crippen molar-refractivity contribution in [2.45, 2.75) is 6.54 Å². The molecule has 2 aromatic carbocycles. The molecule has 1 N–H and O–H groups in total. The molecule has 0 bridgehead atoms. The number of aliphatic hydroxyl groups is 1. The molecule has 5 heteroatoms. The monoisotopic (exact) mass is 313 g/mol. The highest BCUT2D eigenvalue weighted by atomic mass is 35.5. The fraction of sp³-hybridized carbons (Fsp3) is 0.0588. The van der Waals surface area contributed by atoms with Crippen LogP contribution < -0.4 is 0 Å². The summed E-state index contributed by atoms with van der Waals surface area (Å²) in [5.41, 5.74) is 1.29. The summed E-state index contributed by atoms with van der Waals surface area (Å²) in [6.45, 7) is 0.125. The Labute approximate surface area is 132 Å². The van der Waals surface area contributed by atoms with Gasteiger partial charge < -0.3 is 5.11 Å². The molecule has 0 aromatic heterocycles. The summed E-state index contributed by atoms with van der Waals surface area (Å²) in [6.07, 6.45) is 0. The van der Waals surface area contributed by atoms with Gasteiger partial charge in [-0.15, -0.1) is 0 Å². The first-order chi connectivity index (χ1) is 10.6. The molecule has 22 heavy (non-hydrogen) atoms. The number of carbonyl (C=O) groups excluding carboxylic acids is 2. The van der Waals surface area contributed by atoms with E-state index in [9.17, 15) is 14.7 Å². The zero-order chi connectivity index (χ0) is 15.7. The van der Waals surface area contributed by atoms with Crippen LogP contribution in [0, 0.1) is 0 Å². The molecule has 0 aliphatic carbocycles. The Balaban J connectivity index is 1.92. The highest BCUT2D eigenvalue weighted by Crippen LogP contribution is 2.29. The molecule has 0 unspecified atom stereocenters. The Morgan fingerprint density at radius 2 is 1.55 bits per heavy atom. The fourth-order valence-corrected chi connectivity index (χ4v) is 2.48.